The molecule has 6 rings (SSSR count). The molecular weight excluding hydrogens is 616 g/mol. The van der Waals surface area contributed by atoms with Gasteiger partial charge in [0.05, 0.1) is 0 Å². The summed E-state index contributed by atoms with van der Waals surface area (Å²) >= 11 is 1.47. The van der Waals surface area contributed by atoms with Crippen molar-refractivity contribution in [3.05, 3.63) is 181 Å². The molecule has 1 fully saturated rings. The van der Waals surface area contributed by atoms with Crippen molar-refractivity contribution >= 4 is 9.30 Å². The molecule has 236 valence electrons. The van der Waals surface area contributed by atoms with E-state index in [0.29, 0.717) is 22.3 Å². The molecule has 5 aromatic rings. The maximum atomic E-state index is 12.6. The Balaban J connectivity index is 0.000000624. The third-order valence-corrected chi connectivity index (χ3v) is 7.33. The van der Waals surface area contributed by atoms with E-state index in [9.17, 15) is 10.2 Å². The fourth-order valence-electron chi connectivity index (χ4n) is 5.45. The summed E-state index contributed by atoms with van der Waals surface area (Å²) in [6.07, 6.45) is -1.87. The van der Waals surface area contributed by atoms with Gasteiger partial charge < -0.3 is 27.1 Å². The molecular formula is C39H44ClO4Ti-. The first kappa shape index (κ1) is 38.3. The topological polar surface area (TPSA) is 58.9 Å². The first-order valence-electron chi connectivity index (χ1n) is 14.7. The molecule has 0 radical (unpaired) electrons. The number of halogens is 1. The van der Waals surface area contributed by atoms with Crippen molar-refractivity contribution in [1.29, 1.82) is 0 Å². The Morgan fingerprint density at radius 2 is 0.800 bits per heavy atom. The molecule has 5 aromatic carbocycles. The van der Waals surface area contributed by atoms with Crippen LogP contribution < -0.4 is 0 Å². The van der Waals surface area contributed by atoms with E-state index < -0.39 is 29.2 Å². The van der Waals surface area contributed by atoms with Gasteiger partial charge >= 0.3 is 28.7 Å². The van der Waals surface area contributed by atoms with E-state index in [0.717, 1.165) is 0 Å². The van der Waals surface area contributed by atoms with Gasteiger partial charge in [0, 0.05) is 0 Å². The van der Waals surface area contributed by atoms with Crippen LogP contribution in [0.15, 0.2) is 152 Å². The van der Waals surface area contributed by atoms with Crippen molar-refractivity contribution in [3.8, 4) is 0 Å². The molecule has 0 aromatic heterocycles. The zero-order valence-electron chi connectivity index (χ0n) is 26.7. The van der Waals surface area contributed by atoms with Crippen LogP contribution in [-0.2, 0) is 40.1 Å². The molecule has 0 unspecified atom stereocenters. The smallest absolute Gasteiger partial charge is 0.172 e. The average molecular weight is 660 g/mol. The summed E-state index contributed by atoms with van der Waals surface area (Å²) in [4.78, 5) is 0. The second kappa shape index (κ2) is 18.3. The van der Waals surface area contributed by atoms with Crippen LogP contribution in [0.25, 0.3) is 0 Å². The Morgan fingerprint density at radius 3 is 1.00 bits per heavy atom. The summed E-state index contributed by atoms with van der Waals surface area (Å²) in [7, 11) is 4.64. The largest absolute Gasteiger partial charge is 0.214 e. The summed E-state index contributed by atoms with van der Waals surface area (Å²) in [5.74, 6) is -1.05. The molecule has 45 heavy (non-hydrogen) atoms. The minimum absolute atomic E-state index is 0. The summed E-state index contributed by atoms with van der Waals surface area (Å²) in [5.41, 5.74) is -0.564. The van der Waals surface area contributed by atoms with E-state index in [2.05, 4.69) is 9.30 Å². The molecule has 0 aliphatic carbocycles. The van der Waals surface area contributed by atoms with Gasteiger partial charge in [0.2, 0.25) is 0 Å². The van der Waals surface area contributed by atoms with E-state index >= 15 is 0 Å². The predicted octanol–water partition coefficient (Wildman–Crippen LogP) is 8.95. The van der Waals surface area contributed by atoms with E-state index in [1.807, 2.05) is 179 Å². The molecule has 1 saturated heterocycles. The number of benzene rings is 4. The van der Waals surface area contributed by atoms with E-state index in [-0.39, 0.29) is 7.43 Å². The fraction of sp³-hybridized carbons (Fsp3) is 0.231. The summed E-state index contributed by atoms with van der Waals surface area (Å²) in [6, 6.07) is 47.8. The number of hydrogen-bond acceptors (Lipinski definition) is 4. The Labute approximate surface area is 285 Å². The van der Waals surface area contributed by atoms with Gasteiger partial charge in [0.25, 0.3) is 0 Å². The average Bonchev–Trinajstić information content (AvgIpc) is 3.80. The molecule has 2 N–H and O–H groups in total. The quantitative estimate of drug-likeness (QED) is 0.141. The van der Waals surface area contributed by atoms with Crippen molar-refractivity contribution in [1.82, 2.24) is 0 Å². The van der Waals surface area contributed by atoms with Gasteiger partial charge in [-0.1, -0.05) is 135 Å². The van der Waals surface area contributed by atoms with Crippen molar-refractivity contribution in [2.45, 2.75) is 56.9 Å². The van der Waals surface area contributed by atoms with Crippen LogP contribution in [0.3, 0.4) is 0 Å². The third kappa shape index (κ3) is 8.87. The van der Waals surface area contributed by atoms with Crippen LogP contribution in [0.4, 0.5) is 0 Å². The Kier molecular flexibility index (Phi) is 15.5. The molecule has 0 amide bonds. The molecule has 1 aliphatic heterocycles. The molecule has 4 nitrogen and oxygen atoms in total. The van der Waals surface area contributed by atoms with Crippen LogP contribution in [0.5, 0.6) is 0 Å². The number of ether oxygens (including phenoxy) is 2. The minimum atomic E-state index is -1.60. The van der Waals surface area contributed by atoms with Crippen LogP contribution in [0, 0.1) is 7.43 Å². The normalized spacial score (nSPS) is 16.7. The minimum Gasteiger partial charge on any atom is -0.214 e. The van der Waals surface area contributed by atoms with Crippen LogP contribution in [-0.4, -0.2) is 28.2 Å². The fourth-order valence-corrected chi connectivity index (χ4v) is 5.45. The summed E-state index contributed by atoms with van der Waals surface area (Å²) < 4.78 is 13.0. The van der Waals surface area contributed by atoms with Gasteiger partial charge in [-0.15, -0.1) is 0 Å². The van der Waals surface area contributed by atoms with Crippen LogP contribution in [0.2, 0.25) is 0 Å². The van der Waals surface area contributed by atoms with Crippen molar-refractivity contribution in [3.63, 3.8) is 0 Å². The Hall–Kier alpha value is -2.93. The molecule has 6 heteroatoms. The Bertz CT molecular complexity index is 1250. The molecule has 1 aliphatic rings. The van der Waals surface area contributed by atoms with Crippen molar-refractivity contribution in [2.24, 2.45) is 0 Å². The van der Waals surface area contributed by atoms with Gasteiger partial charge in [-0.3, -0.25) is 0 Å². The van der Waals surface area contributed by atoms with Crippen molar-refractivity contribution in [2.75, 3.05) is 0 Å². The van der Waals surface area contributed by atoms with Gasteiger partial charge in [0.15, 0.2) is 5.79 Å². The zero-order valence-corrected chi connectivity index (χ0v) is 29.0. The molecule has 0 spiro atoms. The monoisotopic (exact) mass is 659 g/mol. The number of hydrogen-bond donors (Lipinski definition) is 2. The standard InChI is InChI=1S/C31H30O4.C5H5.C2H6.CH3.ClH.Ti/c1-29(2)34-27(30(32,23-15-7-3-8-16-23)24-17-9-4-10-18-24)28(35-29)31(33,25-19-11-5-12-20-25)26-21-13-6-14-22-26;1-2-4-5-3-1;1-2;;;/h3-22,27-28,32-33H,1-2H3;1-5H;1-2H3;1H3;1H;/q;-1;;-1;;+2/p-1/t27-,28-;;;;;/m1...../s1. The van der Waals surface area contributed by atoms with E-state index in [1.165, 1.54) is 19.4 Å². The molecule has 0 bridgehead atoms. The number of rotatable bonds is 6. The van der Waals surface area contributed by atoms with Gasteiger partial charge in [-0.05, 0) is 36.1 Å². The maximum absolute atomic E-state index is 12.6. The Morgan fingerprint density at radius 1 is 0.556 bits per heavy atom. The first-order chi connectivity index (χ1) is 21.4. The third-order valence-electron chi connectivity index (χ3n) is 7.33. The molecule has 0 saturated carbocycles. The predicted molar refractivity (Wildman–Crippen MR) is 181 cm³/mol. The van der Waals surface area contributed by atoms with Gasteiger partial charge in [-0.25, -0.2) is 12.1 Å². The van der Waals surface area contributed by atoms with Crippen molar-refractivity contribution < 1.29 is 39.1 Å². The molecule has 2 atom stereocenters. The zero-order chi connectivity index (χ0) is 32.1. The van der Waals surface area contributed by atoms with Gasteiger partial charge in [0.1, 0.15) is 23.4 Å². The SMILES string of the molecule is CC.CC1(C)O[C@@H](C(O)(c2ccccc2)c2ccccc2)[C@H](C(O)(c2ccccc2)c2ccccc2)O1.[CH3-].[Cl][Ti+].c1cc[cH-]c1. The van der Waals surface area contributed by atoms with Gasteiger partial charge in [-0.2, -0.15) is 18.2 Å². The second-order valence-electron chi connectivity index (χ2n) is 10.4. The van der Waals surface area contributed by atoms with Crippen LogP contribution >= 0.6 is 9.30 Å². The van der Waals surface area contributed by atoms with E-state index in [4.69, 9.17) is 9.47 Å². The summed E-state index contributed by atoms with van der Waals surface area (Å²) in [6.45, 7) is 7.62. The number of aliphatic hydroxyl groups is 2. The maximum Gasteiger partial charge on any atom is -0.172 e. The first-order valence-corrected chi connectivity index (χ1v) is 16.9. The van der Waals surface area contributed by atoms with Crippen LogP contribution in [0.1, 0.15) is 49.9 Å². The second-order valence-corrected chi connectivity index (χ2v) is 10.4. The molecule has 1 heterocycles. The van der Waals surface area contributed by atoms with E-state index in [1.54, 1.807) is 0 Å². The summed E-state index contributed by atoms with van der Waals surface area (Å²) in [5, 5.41) is 25.2.